The highest BCUT2D eigenvalue weighted by molar-refractivity contribution is 5.65. The molecule has 0 aliphatic carbocycles. The van der Waals surface area contributed by atoms with Crippen molar-refractivity contribution >= 4 is 6.09 Å². The summed E-state index contributed by atoms with van der Waals surface area (Å²) in [6.07, 6.45) is -3.96. The molecule has 4 rings (SSSR count). The predicted octanol–water partition coefficient (Wildman–Crippen LogP) is 3.23. The molecule has 14 heteroatoms. The number of amides is 1. The number of aliphatic hydroxyl groups is 2. The van der Waals surface area contributed by atoms with Crippen LogP contribution in [0, 0.1) is 24.0 Å². The number of aliphatic hydroxyl groups excluding tert-OH is 2. The van der Waals surface area contributed by atoms with Gasteiger partial charge in [-0.15, -0.1) is 5.10 Å². The summed E-state index contributed by atoms with van der Waals surface area (Å²) in [7, 11) is 1.43. The quantitative estimate of drug-likeness (QED) is 0.328. The maximum atomic E-state index is 14.7. The van der Waals surface area contributed by atoms with Gasteiger partial charge in [0, 0.05) is 30.6 Å². The van der Waals surface area contributed by atoms with E-state index in [9.17, 15) is 23.8 Å². The van der Waals surface area contributed by atoms with Crippen LogP contribution >= 0.6 is 0 Å². The number of hydrogen-bond donors (Lipinski definition) is 3. The average Bonchev–Trinajstić information content (AvgIpc) is 3.61. The summed E-state index contributed by atoms with van der Waals surface area (Å²) in [5.41, 5.74) is 4.70. The van der Waals surface area contributed by atoms with E-state index < -0.39 is 71.7 Å². The van der Waals surface area contributed by atoms with Gasteiger partial charge < -0.3 is 34.7 Å². The first-order chi connectivity index (χ1) is 20.1. The maximum Gasteiger partial charge on any atom is 0.404 e. The molecule has 0 saturated carbocycles. The third kappa shape index (κ3) is 6.42. The van der Waals surface area contributed by atoms with Gasteiger partial charge in [-0.3, -0.25) is 0 Å². The lowest BCUT2D eigenvalue weighted by Crippen LogP contribution is -2.57. The number of methoxy groups -OCH3 is 1. The van der Waals surface area contributed by atoms with Gasteiger partial charge in [0.25, 0.3) is 0 Å². The highest BCUT2D eigenvalue weighted by Crippen LogP contribution is 2.40. The number of halogens is 2. The number of hydrogen-bond acceptors (Lipinski definition) is 10. The van der Waals surface area contributed by atoms with Gasteiger partial charge in [0.15, 0.2) is 11.6 Å². The molecule has 2 aromatic heterocycles. The van der Waals surface area contributed by atoms with E-state index in [1.807, 2.05) is 34.6 Å². The van der Waals surface area contributed by atoms with Gasteiger partial charge in [0.05, 0.1) is 24.6 Å². The lowest BCUT2D eigenvalue weighted by molar-refractivity contribution is -0.212. The van der Waals surface area contributed by atoms with Crippen molar-refractivity contribution in [3.05, 3.63) is 53.0 Å². The van der Waals surface area contributed by atoms with Crippen LogP contribution in [0.3, 0.4) is 0 Å². The Morgan fingerprint density at radius 3 is 2.49 bits per heavy atom. The number of nitrogens with zero attached hydrogens (tertiary/aromatic N) is 4. The van der Waals surface area contributed by atoms with Gasteiger partial charge in [-0.2, -0.15) is 0 Å². The molecule has 12 nitrogen and oxygen atoms in total. The van der Waals surface area contributed by atoms with Crippen LogP contribution in [-0.2, 0) is 26.0 Å². The van der Waals surface area contributed by atoms with Crippen LogP contribution in [0.2, 0.25) is 0 Å². The van der Waals surface area contributed by atoms with E-state index in [4.69, 9.17) is 24.5 Å². The van der Waals surface area contributed by atoms with E-state index >= 15 is 0 Å². The molecule has 1 unspecified atom stereocenters. The lowest BCUT2D eigenvalue weighted by atomic mass is 9.71. The van der Waals surface area contributed by atoms with Crippen LogP contribution in [0.5, 0.6) is 0 Å². The largest absolute Gasteiger partial charge is 0.445 e. The number of nitrogens with two attached hydrogens (primary N) is 1. The van der Waals surface area contributed by atoms with Gasteiger partial charge in [0.2, 0.25) is 0 Å². The smallest absolute Gasteiger partial charge is 0.404 e. The Morgan fingerprint density at radius 2 is 1.88 bits per heavy atom. The molecule has 0 spiro atoms. The molecule has 4 N–H and O–H groups in total. The second-order valence-corrected chi connectivity index (χ2v) is 12.5. The van der Waals surface area contributed by atoms with E-state index in [0.29, 0.717) is 11.5 Å². The summed E-state index contributed by atoms with van der Waals surface area (Å²) in [5.74, 6) is -1.64. The third-order valence-electron chi connectivity index (χ3n) is 7.90. The van der Waals surface area contributed by atoms with Crippen molar-refractivity contribution in [2.45, 2.75) is 89.9 Å². The summed E-state index contributed by atoms with van der Waals surface area (Å²) in [4.78, 5) is 11.7. The number of carbonyl (C=O) groups excluding carboxylic acids is 1. The number of ether oxygens (including phenoxy) is 3. The molecule has 3 aromatic rings. The Bertz CT molecular complexity index is 1440. The fourth-order valence-electron chi connectivity index (χ4n) is 5.89. The Balaban J connectivity index is 1.63. The summed E-state index contributed by atoms with van der Waals surface area (Å²) in [5, 5.41) is 33.5. The molecule has 1 fully saturated rings. The minimum atomic E-state index is -1.29. The summed E-state index contributed by atoms with van der Waals surface area (Å²) in [6, 6.07) is 3.63. The van der Waals surface area contributed by atoms with Crippen LogP contribution in [0.15, 0.2) is 28.9 Å². The standard InChI is InChI=1S/C29H39F2N5O7/c1-14-8-9-16(22(31)21(14)30)17-12-36(35-33-17)23-24(38)19(13-37)41-18(25(23)40-7)10-15-11-20(34-43-15)29(5,6)26(28(2,3)4)42-27(32)39/h8-9,11-12,18-19,23-26,37-38H,10,13H2,1-7H3,(H2,32,39)/t18-,19-,23+,24+,25+,26?/m1/s1. The van der Waals surface area contributed by atoms with Gasteiger partial charge in [-0.1, -0.05) is 51.1 Å². The Kier molecular flexibility index (Phi) is 9.26. The monoisotopic (exact) mass is 607 g/mol. The van der Waals surface area contributed by atoms with Crippen molar-refractivity contribution in [2.24, 2.45) is 11.1 Å². The molecule has 1 aliphatic rings. The summed E-state index contributed by atoms with van der Waals surface area (Å²) < 4.78 is 53.1. The number of benzene rings is 1. The molecule has 1 saturated heterocycles. The highest BCUT2D eigenvalue weighted by Gasteiger charge is 2.48. The number of primary amides is 1. The fourth-order valence-corrected chi connectivity index (χ4v) is 5.89. The molecular formula is C29H39F2N5O7. The van der Waals surface area contributed by atoms with E-state index in [0.717, 1.165) is 0 Å². The molecule has 1 aromatic carbocycles. The molecule has 236 valence electrons. The van der Waals surface area contributed by atoms with E-state index in [2.05, 4.69) is 15.5 Å². The molecule has 1 aliphatic heterocycles. The first kappa shape index (κ1) is 32.5. The second-order valence-electron chi connectivity index (χ2n) is 12.5. The van der Waals surface area contributed by atoms with Crippen molar-refractivity contribution in [1.29, 1.82) is 0 Å². The minimum absolute atomic E-state index is 0.0516. The number of carbonyl (C=O) groups is 1. The third-order valence-corrected chi connectivity index (χ3v) is 7.90. The number of rotatable bonds is 9. The Labute approximate surface area is 248 Å². The first-order valence-electron chi connectivity index (χ1n) is 13.9. The molecule has 0 bridgehead atoms. The maximum absolute atomic E-state index is 14.7. The number of aryl methyl sites for hydroxylation is 1. The van der Waals surface area contributed by atoms with Crippen LogP contribution in [0.25, 0.3) is 11.3 Å². The zero-order valence-electron chi connectivity index (χ0n) is 25.2. The number of aromatic nitrogens is 4. The molecule has 43 heavy (non-hydrogen) atoms. The van der Waals surface area contributed by atoms with Gasteiger partial charge >= 0.3 is 6.09 Å². The lowest BCUT2D eigenvalue weighted by Gasteiger charge is -2.43. The molecule has 3 heterocycles. The van der Waals surface area contributed by atoms with Crippen molar-refractivity contribution in [2.75, 3.05) is 13.7 Å². The molecular weight excluding hydrogens is 568 g/mol. The van der Waals surface area contributed by atoms with E-state index in [-0.39, 0.29) is 23.2 Å². The SMILES string of the molecule is CO[C@@H]1[C@@H](n2cc(-c3ccc(C)c(F)c3F)nn2)[C@@H](O)[C@@H](CO)O[C@@H]1Cc1cc(C(C)(C)C(OC(N)=O)C(C)(C)C)no1. The second kappa shape index (κ2) is 12.3. The van der Waals surface area contributed by atoms with E-state index in [1.165, 1.54) is 37.0 Å². The highest BCUT2D eigenvalue weighted by atomic mass is 19.2. The van der Waals surface area contributed by atoms with Crippen LogP contribution in [-0.4, -0.2) is 80.7 Å². The zero-order chi connectivity index (χ0) is 31.9. The summed E-state index contributed by atoms with van der Waals surface area (Å²) >= 11 is 0. The molecule has 1 amide bonds. The van der Waals surface area contributed by atoms with Crippen molar-refractivity contribution in [3.63, 3.8) is 0 Å². The Hall–Kier alpha value is -3.46. The van der Waals surface area contributed by atoms with Crippen molar-refractivity contribution in [1.82, 2.24) is 20.2 Å². The zero-order valence-corrected chi connectivity index (χ0v) is 25.2. The van der Waals surface area contributed by atoms with Crippen molar-refractivity contribution < 1.29 is 42.5 Å². The van der Waals surface area contributed by atoms with Crippen LogP contribution in [0.1, 0.15) is 57.7 Å². The van der Waals surface area contributed by atoms with Crippen LogP contribution in [0.4, 0.5) is 13.6 Å². The molecule has 0 radical (unpaired) electrons. The average molecular weight is 608 g/mol. The normalized spacial score (nSPS) is 23.7. The molecule has 6 atom stereocenters. The Morgan fingerprint density at radius 1 is 1.19 bits per heavy atom. The van der Waals surface area contributed by atoms with Gasteiger partial charge in [-0.25, -0.2) is 18.3 Å². The van der Waals surface area contributed by atoms with Crippen molar-refractivity contribution in [3.8, 4) is 11.3 Å². The fraction of sp³-hybridized carbons (Fsp3) is 0.586. The van der Waals surface area contributed by atoms with Gasteiger partial charge in [0.1, 0.15) is 41.9 Å². The van der Waals surface area contributed by atoms with Gasteiger partial charge in [-0.05, 0) is 24.0 Å². The topological polar surface area (TPSA) is 168 Å². The minimum Gasteiger partial charge on any atom is -0.445 e. The van der Waals surface area contributed by atoms with E-state index in [1.54, 1.807) is 6.07 Å². The summed E-state index contributed by atoms with van der Waals surface area (Å²) in [6.45, 7) is 10.4. The first-order valence-corrected chi connectivity index (χ1v) is 13.9. The predicted molar refractivity (Wildman–Crippen MR) is 149 cm³/mol. The van der Waals surface area contributed by atoms with Crippen LogP contribution < -0.4 is 5.73 Å².